The Balaban J connectivity index is 1.30. The van der Waals surface area contributed by atoms with Crippen molar-refractivity contribution in [3.63, 3.8) is 0 Å². The molecule has 1 saturated heterocycles. The summed E-state index contributed by atoms with van der Waals surface area (Å²) in [5.41, 5.74) is -1.92. The largest absolute Gasteiger partial charge is 0.504 e. The van der Waals surface area contributed by atoms with Gasteiger partial charge < -0.3 is 46.4 Å². The van der Waals surface area contributed by atoms with Gasteiger partial charge in [-0.3, -0.25) is 28.9 Å². The van der Waals surface area contributed by atoms with Crippen LogP contribution in [0.5, 0.6) is 23.0 Å². The van der Waals surface area contributed by atoms with E-state index in [1.807, 2.05) is 0 Å². The lowest BCUT2D eigenvalue weighted by Crippen LogP contribution is -2.73. The number of nitrogens with one attached hydrogen (secondary N) is 3. The number of phenolic OH excluding ortho intramolecular Hbond substituents is 4. The van der Waals surface area contributed by atoms with E-state index in [9.17, 15) is 54.3 Å². The zero-order chi connectivity index (χ0) is 38.4. The maximum atomic E-state index is 13.9. The molecule has 1 fully saturated rings. The maximum absolute atomic E-state index is 13.9. The van der Waals surface area contributed by atoms with E-state index in [1.165, 1.54) is 36.4 Å². The first kappa shape index (κ1) is 38.0. The summed E-state index contributed by atoms with van der Waals surface area (Å²) >= 11 is 6.14. The fraction of sp³-hybridized carbons (Fsp3) is 0.278. The maximum Gasteiger partial charge on any atom is 0.353 e. The summed E-state index contributed by atoms with van der Waals surface area (Å²) in [6.07, 6.45) is 0.519. The Bertz CT molecular complexity index is 1990. The normalized spacial score (nSPS) is 16.8. The van der Waals surface area contributed by atoms with E-state index in [0.29, 0.717) is 5.56 Å². The second kappa shape index (κ2) is 15.9. The number of aromatic hydroxyl groups is 4. The zero-order valence-electron chi connectivity index (χ0n) is 28.0. The van der Waals surface area contributed by atoms with Crippen molar-refractivity contribution in [2.75, 3.05) is 19.6 Å². The van der Waals surface area contributed by atoms with E-state index in [2.05, 4.69) is 16.0 Å². The van der Waals surface area contributed by atoms with Gasteiger partial charge in [0.05, 0.1) is 24.1 Å². The second-order valence-corrected chi connectivity index (χ2v) is 12.9. The van der Waals surface area contributed by atoms with Crippen LogP contribution < -0.4 is 16.0 Å². The molecular formula is C36H36ClN5O11. The Hall–Kier alpha value is -6.29. The van der Waals surface area contributed by atoms with E-state index in [-0.39, 0.29) is 61.4 Å². The number of hydrogen-bond acceptors (Lipinski definition) is 10. The van der Waals surface area contributed by atoms with E-state index in [4.69, 9.17) is 11.6 Å². The van der Waals surface area contributed by atoms with Crippen molar-refractivity contribution in [3.05, 3.63) is 94.1 Å². The molecule has 8 N–H and O–H groups in total. The van der Waals surface area contributed by atoms with Crippen molar-refractivity contribution in [2.24, 2.45) is 0 Å². The Morgan fingerprint density at radius 2 is 1.51 bits per heavy atom. The third-order valence-electron chi connectivity index (χ3n) is 8.89. The van der Waals surface area contributed by atoms with Crippen molar-refractivity contribution < 1.29 is 54.3 Å². The quantitative estimate of drug-likeness (QED) is 0.0676. The van der Waals surface area contributed by atoms with Gasteiger partial charge in [-0.05, 0) is 55.5 Å². The summed E-state index contributed by atoms with van der Waals surface area (Å²) in [5, 5.41) is 57.7. The molecule has 2 atom stereocenters. The number of carboxylic acid groups (broad SMARTS) is 1. The number of hydrogen-bond donors (Lipinski definition) is 8. The number of halogens is 1. The van der Waals surface area contributed by atoms with Gasteiger partial charge in [-0.2, -0.15) is 0 Å². The molecule has 2 aliphatic rings. The molecule has 2 aliphatic heterocycles. The standard InChI is InChI=1S/C36H36ClN5O11/c37-23-14-15-36(18-27(46)42(36)29(23)35(52)53)40-33(50)28(20-8-2-1-3-9-20)39-26(45)19-41(34(51)22-11-7-13-25(44)31(22)48)17-5-4-16-38-32(49)21-10-6-12-24(43)30(21)47/h1-3,6-13,28,43-44,47-48H,4-5,14-19H2,(H,38,49)(H,39,45)(H,40,50)(H,52,53)/t28-,36+/m1/s1. The van der Waals surface area contributed by atoms with Gasteiger partial charge in [-0.25, -0.2) is 4.79 Å². The number of carboxylic acids is 1. The summed E-state index contributed by atoms with van der Waals surface area (Å²) in [6, 6.07) is 14.4. The monoisotopic (exact) mass is 749 g/mol. The number of phenols is 4. The summed E-state index contributed by atoms with van der Waals surface area (Å²) in [7, 11) is 0. The fourth-order valence-electron chi connectivity index (χ4n) is 6.22. The molecular weight excluding hydrogens is 714 g/mol. The van der Waals surface area contributed by atoms with Gasteiger partial charge in [0.25, 0.3) is 11.8 Å². The fourth-order valence-corrected chi connectivity index (χ4v) is 6.48. The molecule has 16 nitrogen and oxygen atoms in total. The molecule has 0 radical (unpaired) electrons. The molecule has 3 aromatic rings. The number of unbranched alkanes of at least 4 members (excludes halogenated alkanes) is 1. The predicted octanol–water partition coefficient (Wildman–Crippen LogP) is 2.39. The lowest BCUT2D eigenvalue weighted by Gasteiger charge is -2.54. The second-order valence-electron chi connectivity index (χ2n) is 12.4. The van der Waals surface area contributed by atoms with Gasteiger partial charge >= 0.3 is 5.97 Å². The Morgan fingerprint density at radius 3 is 2.15 bits per heavy atom. The molecule has 0 aliphatic carbocycles. The minimum atomic E-state index is -1.44. The number of carbonyl (C=O) groups is 6. The lowest BCUT2D eigenvalue weighted by molar-refractivity contribution is -0.165. The third kappa shape index (κ3) is 8.12. The van der Waals surface area contributed by atoms with Gasteiger partial charge in [0.1, 0.15) is 17.4 Å². The minimum absolute atomic E-state index is 0.0379. The number of benzene rings is 3. The lowest BCUT2D eigenvalue weighted by atomic mass is 9.83. The number of aliphatic carboxylic acids is 1. The Labute approximate surface area is 307 Å². The number of nitrogens with zero attached hydrogens (tertiary/aromatic N) is 2. The number of rotatable bonds is 14. The number of β-lactam (4-membered cyclic amide) rings is 1. The van der Waals surface area contributed by atoms with Crippen LogP contribution in [0.2, 0.25) is 0 Å². The van der Waals surface area contributed by atoms with Crippen LogP contribution in [-0.2, 0) is 19.2 Å². The van der Waals surface area contributed by atoms with Crippen LogP contribution in [0, 0.1) is 0 Å². The molecule has 0 bridgehead atoms. The van der Waals surface area contributed by atoms with E-state index in [0.717, 1.165) is 9.80 Å². The average Bonchev–Trinajstić information content (AvgIpc) is 3.12. The zero-order valence-corrected chi connectivity index (χ0v) is 28.8. The molecule has 53 heavy (non-hydrogen) atoms. The Kier molecular flexibility index (Phi) is 11.4. The van der Waals surface area contributed by atoms with Crippen LogP contribution in [0.4, 0.5) is 0 Å². The minimum Gasteiger partial charge on any atom is -0.504 e. The van der Waals surface area contributed by atoms with Crippen LogP contribution in [-0.4, -0.2) is 96.1 Å². The Morgan fingerprint density at radius 1 is 0.868 bits per heavy atom. The highest BCUT2D eigenvalue weighted by molar-refractivity contribution is 6.32. The number of carbonyl (C=O) groups excluding carboxylic acids is 5. The van der Waals surface area contributed by atoms with Crippen LogP contribution in [0.1, 0.15) is 64.4 Å². The molecule has 0 unspecified atom stereocenters. The van der Waals surface area contributed by atoms with Crippen molar-refractivity contribution in [1.82, 2.24) is 25.8 Å². The summed E-state index contributed by atoms with van der Waals surface area (Å²) in [6.45, 7) is -0.617. The first-order valence-corrected chi connectivity index (χ1v) is 16.8. The summed E-state index contributed by atoms with van der Waals surface area (Å²) in [5.74, 6) is -7.33. The van der Waals surface area contributed by atoms with Crippen molar-refractivity contribution in [3.8, 4) is 23.0 Å². The highest BCUT2D eigenvalue weighted by Gasteiger charge is 2.57. The molecule has 0 saturated carbocycles. The van der Waals surface area contributed by atoms with E-state index < -0.39 is 82.4 Å². The van der Waals surface area contributed by atoms with Crippen LogP contribution in [0.15, 0.2) is 77.5 Å². The average molecular weight is 750 g/mol. The van der Waals surface area contributed by atoms with Gasteiger partial charge in [0, 0.05) is 18.1 Å². The SMILES string of the molecule is O=C(CN(CCCCNC(=O)c1cccc(O)c1O)C(=O)c1cccc(O)c1O)N[C@@H](C(=O)N[C@@]12CCC(Cl)=C(C(=O)O)N1C(=O)C2)c1ccccc1. The van der Waals surface area contributed by atoms with Gasteiger partial charge in [-0.15, -0.1) is 0 Å². The van der Waals surface area contributed by atoms with E-state index >= 15 is 0 Å². The number of allylic oxidation sites excluding steroid dienone is 1. The topological polar surface area (TPSA) is 246 Å². The number of fused-ring (bicyclic) bond motifs is 1. The van der Waals surface area contributed by atoms with Gasteiger partial charge in [0.2, 0.25) is 17.7 Å². The van der Waals surface area contributed by atoms with Crippen molar-refractivity contribution >= 4 is 47.1 Å². The highest BCUT2D eigenvalue weighted by Crippen LogP contribution is 2.44. The van der Waals surface area contributed by atoms with Gasteiger partial charge in [0.15, 0.2) is 23.0 Å². The van der Waals surface area contributed by atoms with Crippen molar-refractivity contribution in [2.45, 2.75) is 43.8 Å². The van der Waals surface area contributed by atoms with E-state index in [1.54, 1.807) is 30.3 Å². The summed E-state index contributed by atoms with van der Waals surface area (Å²) < 4.78 is 0. The molecule has 17 heteroatoms. The van der Waals surface area contributed by atoms with Crippen LogP contribution in [0.3, 0.4) is 0 Å². The molecule has 278 valence electrons. The van der Waals surface area contributed by atoms with Crippen LogP contribution in [0.25, 0.3) is 0 Å². The van der Waals surface area contributed by atoms with Crippen molar-refractivity contribution in [1.29, 1.82) is 0 Å². The molecule has 3 aromatic carbocycles. The molecule has 2 heterocycles. The smallest absolute Gasteiger partial charge is 0.353 e. The van der Waals surface area contributed by atoms with Gasteiger partial charge in [-0.1, -0.05) is 54.1 Å². The third-order valence-corrected chi connectivity index (χ3v) is 9.25. The number of para-hydroxylation sites is 2. The molecule has 0 aromatic heterocycles. The highest BCUT2D eigenvalue weighted by atomic mass is 35.5. The van der Waals surface area contributed by atoms with Crippen LogP contribution >= 0.6 is 11.6 Å². The number of amides is 5. The first-order valence-electron chi connectivity index (χ1n) is 16.4. The molecule has 5 amide bonds. The summed E-state index contributed by atoms with van der Waals surface area (Å²) in [4.78, 5) is 80.2. The molecule has 0 spiro atoms. The molecule has 5 rings (SSSR count). The first-order chi connectivity index (χ1) is 25.2. The predicted molar refractivity (Wildman–Crippen MR) is 186 cm³/mol.